The minimum atomic E-state index is -0.574. The number of pyridine rings is 1. The van der Waals surface area contributed by atoms with E-state index in [0.717, 1.165) is 30.0 Å². The highest BCUT2D eigenvalue weighted by Gasteiger charge is 2.29. The van der Waals surface area contributed by atoms with Crippen molar-refractivity contribution in [1.29, 1.82) is 0 Å². The number of hydrogen-bond acceptors (Lipinski definition) is 6. The summed E-state index contributed by atoms with van der Waals surface area (Å²) in [4.78, 5) is 6.24. The van der Waals surface area contributed by atoms with Crippen LogP contribution in [0.5, 0.6) is 5.75 Å². The summed E-state index contributed by atoms with van der Waals surface area (Å²) in [6.07, 6.45) is 3.40. The van der Waals surface area contributed by atoms with E-state index in [2.05, 4.69) is 15.0 Å². The van der Waals surface area contributed by atoms with Crippen molar-refractivity contribution in [3.05, 3.63) is 65.6 Å². The third kappa shape index (κ3) is 4.47. The molecule has 0 radical (unpaired) electrons. The average molecular weight is 386 g/mol. The summed E-state index contributed by atoms with van der Waals surface area (Å²) in [7, 11) is 0. The molecule has 3 heterocycles. The number of benzene rings is 1. The Morgan fingerprint density at radius 1 is 1.26 bits per heavy atom. The van der Waals surface area contributed by atoms with Crippen molar-refractivity contribution in [3.63, 3.8) is 0 Å². The molecule has 1 fully saturated rings. The molecule has 1 saturated heterocycles. The molecule has 27 heavy (non-hydrogen) atoms. The Bertz CT molecular complexity index is 870. The number of hydrogen-bond donors (Lipinski definition) is 1. The fraction of sp³-hybridized carbons (Fsp3) is 0.300. The quantitative estimate of drug-likeness (QED) is 0.725. The van der Waals surface area contributed by atoms with E-state index in [0.29, 0.717) is 23.9 Å². The average Bonchev–Trinajstić information content (AvgIpc) is 3.15. The second-order valence-electron chi connectivity index (χ2n) is 6.62. The van der Waals surface area contributed by atoms with E-state index >= 15 is 0 Å². The zero-order chi connectivity index (χ0) is 18.6. The summed E-state index contributed by atoms with van der Waals surface area (Å²) < 4.78 is 11.4. The maximum atomic E-state index is 10.5. The molecule has 0 amide bonds. The predicted octanol–water partition coefficient (Wildman–Crippen LogP) is 3.40. The van der Waals surface area contributed by atoms with Crippen LogP contribution in [0.3, 0.4) is 0 Å². The Morgan fingerprint density at radius 2 is 2.11 bits per heavy atom. The van der Waals surface area contributed by atoms with Gasteiger partial charge >= 0.3 is 0 Å². The van der Waals surface area contributed by atoms with Gasteiger partial charge in [0.05, 0.1) is 6.54 Å². The first-order chi connectivity index (χ1) is 13.2. The van der Waals surface area contributed by atoms with E-state index in [1.807, 2.05) is 30.3 Å². The summed E-state index contributed by atoms with van der Waals surface area (Å²) in [5.74, 6) is 1.48. The summed E-state index contributed by atoms with van der Waals surface area (Å²) in [6.45, 7) is 1.91. The first kappa shape index (κ1) is 18.0. The van der Waals surface area contributed by atoms with Crippen LogP contribution in [0.15, 0.2) is 59.4 Å². The van der Waals surface area contributed by atoms with Crippen molar-refractivity contribution in [2.75, 3.05) is 13.1 Å². The zero-order valence-electron chi connectivity index (χ0n) is 14.7. The third-order valence-electron chi connectivity index (χ3n) is 4.60. The molecule has 6 nitrogen and oxygen atoms in total. The van der Waals surface area contributed by atoms with Gasteiger partial charge in [0.1, 0.15) is 23.7 Å². The molecule has 0 saturated carbocycles. The molecule has 0 aliphatic carbocycles. The number of aliphatic hydroxyl groups is 1. The summed E-state index contributed by atoms with van der Waals surface area (Å²) in [6, 6.07) is 12.9. The molecular weight excluding hydrogens is 366 g/mol. The SMILES string of the molecule is O[C@@H]1CN(Cc2cc(-c3cccnc3)no2)CC[C@H]1Oc1ccc(Cl)cc1. The molecule has 3 aromatic rings. The van der Waals surface area contributed by atoms with Crippen LogP contribution in [0.4, 0.5) is 0 Å². The maximum Gasteiger partial charge on any atom is 0.151 e. The second kappa shape index (κ2) is 8.08. The Balaban J connectivity index is 1.33. The van der Waals surface area contributed by atoms with E-state index in [9.17, 15) is 5.11 Å². The summed E-state index contributed by atoms with van der Waals surface area (Å²) in [5.41, 5.74) is 1.68. The van der Waals surface area contributed by atoms with Crippen LogP contribution in [0.1, 0.15) is 12.2 Å². The fourth-order valence-corrected chi connectivity index (χ4v) is 3.33. The topological polar surface area (TPSA) is 71.6 Å². The number of aliphatic hydroxyl groups excluding tert-OH is 1. The molecule has 7 heteroatoms. The molecule has 1 aliphatic heterocycles. The summed E-state index contributed by atoms with van der Waals surface area (Å²) in [5, 5.41) is 15.2. The lowest BCUT2D eigenvalue weighted by molar-refractivity contribution is -0.0292. The summed E-state index contributed by atoms with van der Waals surface area (Å²) >= 11 is 5.89. The van der Waals surface area contributed by atoms with Gasteiger partial charge < -0.3 is 14.4 Å². The largest absolute Gasteiger partial charge is 0.488 e. The van der Waals surface area contributed by atoms with Crippen LogP contribution >= 0.6 is 11.6 Å². The lowest BCUT2D eigenvalue weighted by Gasteiger charge is -2.35. The van der Waals surface area contributed by atoms with E-state index in [1.54, 1.807) is 24.5 Å². The van der Waals surface area contributed by atoms with E-state index in [-0.39, 0.29) is 6.10 Å². The van der Waals surface area contributed by atoms with Gasteiger partial charge in [-0.15, -0.1) is 0 Å². The highest BCUT2D eigenvalue weighted by molar-refractivity contribution is 6.30. The van der Waals surface area contributed by atoms with Gasteiger partial charge in [-0.25, -0.2) is 0 Å². The molecule has 2 aromatic heterocycles. The van der Waals surface area contributed by atoms with Crippen molar-refractivity contribution in [2.24, 2.45) is 0 Å². The van der Waals surface area contributed by atoms with E-state index < -0.39 is 6.10 Å². The van der Waals surface area contributed by atoms with Crippen LogP contribution in [-0.2, 0) is 6.54 Å². The van der Waals surface area contributed by atoms with Gasteiger partial charge in [0.2, 0.25) is 0 Å². The Labute approximate surface area is 162 Å². The van der Waals surface area contributed by atoms with Gasteiger partial charge in [0.15, 0.2) is 5.76 Å². The molecular formula is C20H20ClN3O3. The number of rotatable bonds is 5. The lowest BCUT2D eigenvalue weighted by atomic mass is 10.0. The lowest BCUT2D eigenvalue weighted by Crippen LogP contribution is -2.48. The minimum Gasteiger partial charge on any atom is -0.488 e. The van der Waals surface area contributed by atoms with Crippen molar-refractivity contribution in [3.8, 4) is 17.0 Å². The molecule has 140 valence electrons. The number of piperidine rings is 1. The van der Waals surface area contributed by atoms with Crippen LogP contribution in [-0.4, -0.2) is 45.4 Å². The predicted molar refractivity (Wildman–Crippen MR) is 102 cm³/mol. The molecule has 2 atom stereocenters. The molecule has 4 rings (SSSR count). The van der Waals surface area contributed by atoms with Crippen LogP contribution in [0.25, 0.3) is 11.3 Å². The first-order valence-electron chi connectivity index (χ1n) is 8.86. The van der Waals surface area contributed by atoms with Crippen molar-refractivity contribution in [1.82, 2.24) is 15.0 Å². The normalized spacial score (nSPS) is 20.5. The van der Waals surface area contributed by atoms with E-state index in [4.69, 9.17) is 20.9 Å². The molecule has 1 aliphatic rings. The Morgan fingerprint density at radius 3 is 2.85 bits per heavy atom. The van der Waals surface area contributed by atoms with Gasteiger partial charge in [0.25, 0.3) is 0 Å². The Kier molecular flexibility index (Phi) is 5.38. The van der Waals surface area contributed by atoms with Gasteiger partial charge in [-0.2, -0.15) is 0 Å². The van der Waals surface area contributed by atoms with Crippen molar-refractivity contribution in [2.45, 2.75) is 25.2 Å². The molecule has 0 unspecified atom stereocenters. The minimum absolute atomic E-state index is 0.233. The van der Waals surface area contributed by atoms with Crippen molar-refractivity contribution >= 4 is 11.6 Å². The van der Waals surface area contributed by atoms with Crippen molar-refractivity contribution < 1.29 is 14.4 Å². The van der Waals surface area contributed by atoms with Gasteiger partial charge in [0, 0.05) is 42.1 Å². The number of aromatic nitrogens is 2. The zero-order valence-corrected chi connectivity index (χ0v) is 15.4. The number of likely N-dealkylation sites (tertiary alicyclic amines) is 1. The first-order valence-corrected chi connectivity index (χ1v) is 9.24. The van der Waals surface area contributed by atoms with Gasteiger partial charge in [-0.3, -0.25) is 9.88 Å². The molecule has 1 N–H and O–H groups in total. The highest BCUT2D eigenvalue weighted by Crippen LogP contribution is 2.23. The van der Waals surface area contributed by atoms with Crippen LogP contribution in [0.2, 0.25) is 5.02 Å². The molecule has 1 aromatic carbocycles. The van der Waals surface area contributed by atoms with Crippen LogP contribution in [0, 0.1) is 0 Å². The van der Waals surface area contributed by atoms with Gasteiger partial charge in [-0.1, -0.05) is 16.8 Å². The van der Waals surface area contributed by atoms with Crippen LogP contribution < -0.4 is 4.74 Å². The molecule has 0 spiro atoms. The Hall–Kier alpha value is -2.41. The maximum absolute atomic E-state index is 10.5. The molecule has 0 bridgehead atoms. The highest BCUT2D eigenvalue weighted by atomic mass is 35.5. The fourth-order valence-electron chi connectivity index (χ4n) is 3.20. The third-order valence-corrected chi connectivity index (χ3v) is 4.85. The number of halogens is 1. The number of β-amino-alcohol motifs (C(OH)–C–C–N with tert-alkyl or cyclic N) is 1. The van der Waals surface area contributed by atoms with E-state index in [1.165, 1.54) is 0 Å². The monoisotopic (exact) mass is 385 g/mol. The number of nitrogens with zero attached hydrogens (tertiary/aromatic N) is 3. The second-order valence-corrected chi connectivity index (χ2v) is 7.06. The standard InChI is InChI=1S/C20H20ClN3O3/c21-15-3-5-16(6-4-15)26-20-7-9-24(13-19(20)25)12-17-10-18(23-27-17)14-2-1-8-22-11-14/h1-6,8,10-11,19-20,25H,7,9,12-13H2/t19-,20-/m1/s1. The smallest absolute Gasteiger partial charge is 0.151 e. The number of ether oxygens (including phenoxy) is 1. The van der Waals surface area contributed by atoms with Gasteiger partial charge in [-0.05, 0) is 42.8 Å².